The zero-order chi connectivity index (χ0) is 14.5. The Labute approximate surface area is 117 Å². The molecule has 20 heavy (non-hydrogen) atoms. The van der Waals surface area contributed by atoms with E-state index in [1.54, 1.807) is 26.2 Å². The van der Waals surface area contributed by atoms with Gasteiger partial charge in [-0.15, -0.1) is 0 Å². The Morgan fingerprint density at radius 3 is 2.65 bits per heavy atom. The van der Waals surface area contributed by atoms with Crippen LogP contribution in [0.3, 0.4) is 0 Å². The molecule has 2 rings (SSSR count). The van der Waals surface area contributed by atoms with Crippen molar-refractivity contribution in [3.8, 4) is 5.75 Å². The minimum absolute atomic E-state index is 0.132. The Hall–Kier alpha value is -2.56. The molecule has 104 valence electrons. The van der Waals surface area contributed by atoms with Crippen molar-refractivity contribution in [2.24, 2.45) is 0 Å². The molecule has 5 nitrogen and oxygen atoms in total. The summed E-state index contributed by atoms with van der Waals surface area (Å²) >= 11 is 0. The number of rotatable bonds is 5. The number of nitro benzene ring substituents is 1. The molecule has 1 N–H and O–H groups in total. The van der Waals surface area contributed by atoms with Crippen molar-refractivity contribution in [3.05, 3.63) is 63.7 Å². The number of hydrogen-bond acceptors (Lipinski definition) is 4. The fourth-order valence-electron chi connectivity index (χ4n) is 2.02. The average Bonchev–Trinajstić information content (AvgIpc) is 2.45. The highest BCUT2D eigenvalue weighted by atomic mass is 16.6. The van der Waals surface area contributed by atoms with Gasteiger partial charge in [0.15, 0.2) is 0 Å². The Morgan fingerprint density at radius 1 is 1.25 bits per heavy atom. The second kappa shape index (κ2) is 6.06. The maximum atomic E-state index is 10.8. The Bertz CT molecular complexity index is 626. The van der Waals surface area contributed by atoms with E-state index in [9.17, 15) is 10.1 Å². The standard InChI is InChI=1S/C15H16N2O3/c1-11-9-13(7-8-14(11)17(18)19)16-10-12-5-3-4-6-15(12)20-2/h3-9,16H,10H2,1-2H3. The highest BCUT2D eigenvalue weighted by molar-refractivity contribution is 5.54. The van der Waals surface area contributed by atoms with Crippen LogP contribution in [0.5, 0.6) is 5.75 Å². The largest absolute Gasteiger partial charge is 0.496 e. The lowest BCUT2D eigenvalue weighted by Crippen LogP contribution is -2.02. The lowest BCUT2D eigenvalue weighted by atomic mass is 10.1. The highest BCUT2D eigenvalue weighted by Gasteiger charge is 2.10. The van der Waals surface area contributed by atoms with Crippen LogP contribution in [-0.2, 0) is 6.54 Å². The van der Waals surface area contributed by atoms with Gasteiger partial charge in [-0.3, -0.25) is 10.1 Å². The van der Waals surface area contributed by atoms with E-state index in [1.165, 1.54) is 6.07 Å². The van der Waals surface area contributed by atoms with Crippen LogP contribution in [0, 0.1) is 17.0 Å². The summed E-state index contributed by atoms with van der Waals surface area (Å²) < 4.78 is 5.28. The molecule has 5 heteroatoms. The summed E-state index contributed by atoms with van der Waals surface area (Å²) in [4.78, 5) is 10.4. The van der Waals surface area contributed by atoms with Crippen LogP contribution in [0.15, 0.2) is 42.5 Å². The Balaban J connectivity index is 2.11. The van der Waals surface area contributed by atoms with Crippen LogP contribution in [0.2, 0.25) is 0 Å². The van der Waals surface area contributed by atoms with Gasteiger partial charge in [0.25, 0.3) is 5.69 Å². The predicted molar refractivity (Wildman–Crippen MR) is 78.2 cm³/mol. The first-order valence-corrected chi connectivity index (χ1v) is 6.22. The molecule has 0 saturated heterocycles. The summed E-state index contributed by atoms with van der Waals surface area (Å²) in [6, 6.07) is 12.7. The summed E-state index contributed by atoms with van der Waals surface area (Å²) in [6.07, 6.45) is 0. The summed E-state index contributed by atoms with van der Waals surface area (Å²) in [6.45, 7) is 2.33. The van der Waals surface area contributed by atoms with Gasteiger partial charge in [0.1, 0.15) is 5.75 Å². The molecule has 0 fully saturated rings. The smallest absolute Gasteiger partial charge is 0.272 e. The molecule has 2 aromatic carbocycles. The van der Waals surface area contributed by atoms with E-state index in [2.05, 4.69) is 5.32 Å². The number of para-hydroxylation sites is 1. The van der Waals surface area contributed by atoms with Gasteiger partial charge in [0, 0.05) is 29.4 Å². The average molecular weight is 272 g/mol. The molecule has 0 spiro atoms. The van der Waals surface area contributed by atoms with Crippen molar-refractivity contribution in [1.29, 1.82) is 0 Å². The second-order valence-corrected chi connectivity index (χ2v) is 4.42. The number of nitrogens with zero attached hydrogens (tertiary/aromatic N) is 1. The van der Waals surface area contributed by atoms with E-state index in [-0.39, 0.29) is 10.6 Å². The number of aryl methyl sites for hydroxylation is 1. The molecule has 0 amide bonds. The maximum Gasteiger partial charge on any atom is 0.272 e. The number of nitrogens with one attached hydrogen (secondary N) is 1. The van der Waals surface area contributed by atoms with E-state index in [4.69, 9.17) is 4.74 Å². The quantitative estimate of drug-likeness (QED) is 0.668. The van der Waals surface area contributed by atoms with Crippen molar-refractivity contribution < 1.29 is 9.66 Å². The number of nitro groups is 1. The Kier molecular flexibility index (Phi) is 4.20. The van der Waals surface area contributed by atoms with E-state index in [0.717, 1.165) is 17.0 Å². The van der Waals surface area contributed by atoms with E-state index < -0.39 is 0 Å². The molecule has 0 aromatic heterocycles. The minimum Gasteiger partial charge on any atom is -0.496 e. The van der Waals surface area contributed by atoms with Crippen molar-refractivity contribution in [2.45, 2.75) is 13.5 Å². The molecule has 0 saturated carbocycles. The summed E-state index contributed by atoms with van der Waals surface area (Å²) in [5, 5.41) is 14.0. The van der Waals surface area contributed by atoms with Gasteiger partial charge in [-0.1, -0.05) is 18.2 Å². The fraction of sp³-hybridized carbons (Fsp3) is 0.200. The lowest BCUT2D eigenvalue weighted by molar-refractivity contribution is -0.385. The molecule has 0 unspecified atom stereocenters. The Morgan fingerprint density at radius 2 is 2.00 bits per heavy atom. The van der Waals surface area contributed by atoms with Crippen LogP contribution in [0.4, 0.5) is 11.4 Å². The minimum atomic E-state index is -0.376. The summed E-state index contributed by atoms with van der Waals surface area (Å²) in [5.41, 5.74) is 2.65. The monoisotopic (exact) mass is 272 g/mol. The first-order chi connectivity index (χ1) is 9.61. The second-order valence-electron chi connectivity index (χ2n) is 4.42. The van der Waals surface area contributed by atoms with Crippen LogP contribution in [-0.4, -0.2) is 12.0 Å². The van der Waals surface area contributed by atoms with Crippen LogP contribution in [0.25, 0.3) is 0 Å². The van der Waals surface area contributed by atoms with Crippen LogP contribution >= 0.6 is 0 Å². The van der Waals surface area contributed by atoms with Gasteiger partial charge in [0.05, 0.1) is 12.0 Å². The lowest BCUT2D eigenvalue weighted by Gasteiger charge is -2.11. The van der Waals surface area contributed by atoms with Crippen molar-refractivity contribution in [3.63, 3.8) is 0 Å². The first-order valence-electron chi connectivity index (χ1n) is 6.22. The van der Waals surface area contributed by atoms with E-state index in [1.807, 2.05) is 24.3 Å². The van der Waals surface area contributed by atoms with Gasteiger partial charge in [-0.2, -0.15) is 0 Å². The topological polar surface area (TPSA) is 64.4 Å². The zero-order valence-corrected chi connectivity index (χ0v) is 11.4. The van der Waals surface area contributed by atoms with Gasteiger partial charge < -0.3 is 10.1 Å². The number of benzene rings is 2. The molecule has 0 heterocycles. The van der Waals surface area contributed by atoms with Crippen molar-refractivity contribution in [1.82, 2.24) is 0 Å². The van der Waals surface area contributed by atoms with Crippen molar-refractivity contribution >= 4 is 11.4 Å². The molecule has 2 aromatic rings. The molecular formula is C15H16N2O3. The molecule has 0 radical (unpaired) electrons. The van der Waals surface area contributed by atoms with Crippen molar-refractivity contribution in [2.75, 3.05) is 12.4 Å². The van der Waals surface area contributed by atoms with Gasteiger partial charge in [0.2, 0.25) is 0 Å². The first kappa shape index (κ1) is 13.9. The molecule has 0 aliphatic rings. The SMILES string of the molecule is COc1ccccc1CNc1ccc([N+](=O)[O-])c(C)c1. The molecule has 0 aliphatic heterocycles. The zero-order valence-electron chi connectivity index (χ0n) is 11.4. The van der Waals surface area contributed by atoms with Crippen LogP contribution < -0.4 is 10.1 Å². The van der Waals surface area contributed by atoms with Gasteiger partial charge in [-0.25, -0.2) is 0 Å². The highest BCUT2D eigenvalue weighted by Crippen LogP contribution is 2.23. The molecule has 0 atom stereocenters. The fourth-order valence-corrected chi connectivity index (χ4v) is 2.02. The molecule has 0 aliphatic carbocycles. The third kappa shape index (κ3) is 3.06. The summed E-state index contributed by atoms with van der Waals surface area (Å²) in [5.74, 6) is 0.818. The van der Waals surface area contributed by atoms with Crippen LogP contribution in [0.1, 0.15) is 11.1 Å². The summed E-state index contributed by atoms with van der Waals surface area (Å²) in [7, 11) is 1.63. The van der Waals surface area contributed by atoms with E-state index >= 15 is 0 Å². The third-order valence-corrected chi connectivity index (χ3v) is 3.07. The number of ether oxygens (including phenoxy) is 1. The number of hydrogen-bond donors (Lipinski definition) is 1. The predicted octanol–water partition coefficient (Wildman–Crippen LogP) is 3.52. The van der Waals surface area contributed by atoms with E-state index in [0.29, 0.717) is 12.1 Å². The number of anilines is 1. The molecular weight excluding hydrogens is 256 g/mol. The normalized spacial score (nSPS) is 10.1. The molecule has 0 bridgehead atoms. The van der Waals surface area contributed by atoms with Gasteiger partial charge >= 0.3 is 0 Å². The number of methoxy groups -OCH3 is 1. The third-order valence-electron chi connectivity index (χ3n) is 3.07. The maximum absolute atomic E-state index is 10.8. The van der Waals surface area contributed by atoms with Gasteiger partial charge in [-0.05, 0) is 25.1 Å².